The maximum Gasteiger partial charge on any atom is 0.228 e. The van der Waals surface area contributed by atoms with E-state index in [0.717, 1.165) is 60.3 Å². The van der Waals surface area contributed by atoms with E-state index in [1.807, 2.05) is 42.7 Å². The zero-order valence-electron chi connectivity index (χ0n) is 24.0. The number of nitrogens with zero attached hydrogens (tertiary/aromatic N) is 2. The van der Waals surface area contributed by atoms with E-state index < -0.39 is 17.4 Å². The van der Waals surface area contributed by atoms with Crippen molar-refractivity contribution in [3.8, 4) is 11.3 Å². The Bertz CT molecular complexity index is 1440. The van der Waals surface area contributed by atoms with Gasteiger partial charge in [-0.1, -0.05) is 12.1 Å². The number of hydrogen-bond donors (Lipinski definition) is 2. The van der Waals surface area contributed by atoms with Gasteiger partial charge in [0.05, 0.1) is 17.7 Å². The van der Waals surface area contributed by atoms with Gasteiger partial charge in [0.25, 0.3) is 0 Å². The van der Waals surface area contributed by atoms with Gasteiger partial charge < -0.3 is 24.5 Å². The normalized spacial score (nSPS) is 25.1. The van der Waals surface area contributed by atoms with Crippen molar-refractivity contribution in [2.24, 2.45) is 11.8 Å². The lowest BCUT2D eigenvalue weighted by atomic mass is 9.67. The molecule has 8 heteroatoms. The first-order chi connectivity index (χ1) is 19.1. The SMILES string of the molecule is CC(C)(C)NC(=O)C[C@H]1C[C@H](C(=O)N2CCCCC2)[C@@]2(C)c3[nH]c4cc(-c5ccco5)ccc4c3CCN2C1=O. The summed E-state index contributed by atoms with van der Waals surface area (Å²) in [5, 5.41) is 4.13. The van der Waals surface area contributed by atoms with Gasteiger partial charge in [0.15, 0.2) is 0 Å². The molecule has 0 saturated carbocycles. The molecule has 212 valence electrons. The number of carbonyl (C=O) groups excluding carboxylic acids is 3. The monoisotopic (exact) mass is 544 g/mol. The first-order valence-electron chi connectivity index (χ1n) is 14.7. The Morgan fingerprint density at radius 1 is 1.12 bits per heavy atom. The number of aromatic nitrogens is 1. The summed E-state index contributed by atoms with van der Waals surface area (Å²) in [6, 6.07) is 10.1. The van der Waals surface area contributed by atoms with E-state index in [0.29, 0.717) is 19.4 Å². The van der Waals surface area contributed by atoms with Crippen molar-refractivity contribution in [1.82, 2.24) is 20.1 Å². The van der Waals surface area contributed by atoms with E-state index in [9.17, 15) is 14.4 Å². The van der Waals surface area contributed by atoms with E-state index in [-0.39, 0.29) is 29.7 Å². The Morgan fingerprint density at radius 2 is 1.90 bits per heavy atom. The molecule has 2 fully saturated rings. The molecule has 2 saturated heterocycles. The number of rotatable bonds is 4. The van der Waals surface area contributed by atoms with Gasteiger partial charge in [-0.15, -0.1) is 0 Å². The van der Waals surface area contributed by atoms with E-state index in [1.54, 1.807) is 6.26 Å². The van der Waals surface area contributed by atoms with Crippen LogP contribution in [0.5, 0.6) is 0 Å². The van der Waals surface area contributed by atoms with Crippen molar-refractivity contribution in [3.63, 3.8) is 0 Å². The molecule has 5 heterocycles. The molecule has 3 atom stereocenters. The van der Waals surface area contributed by atoms with E-state index in [1.165, 1.54) is 5.56 Å². The molecule has 0 unspecified atom stereocenters. The molecule has 2 aromatic heterocycles. The topological polar surface area (TPSA) is 98.7 Å². The molecule has 8 nitrogen and oxygen atoms in total. The fourth-order valence-corrected chi connectivity index (χ4v) is 7.21. The Balaban J connectivity index is 1.41. The average molecular weight is 545 g/mol. The van der Waals surface area contributed by atoms with Crippen LogP contribution in [0.4, 0.5) is 0 Å². The number of hydrogen-bond acceptors (Lipinski definition) is 4. The van der Waals surface area contributed by atoms with Gasteiger partial charge in [-0.25, -0.2) is 0 Å². The zero-order chi connectivity index (χ0) is 28.2. The molecule has 0 aliphatic carbocycles. The predicted molar refractivity (Wildman–Crippen MR) is 153 cm³/mol. The van der Waals surface area contributed by atoms with Crippen molar-refractivity contribution in [3.05, 3.63) is 47.9 Å². The molecule has 3 aliphatic rings. The first-order valence-corrected chi connectivity index (χ1v) is 14.7. The molecule has 3 aromatic rings. The van der Waals surface area contributed by atoms with Crippen LogP contribution in [0.1, 0.15) is 71.1 Å². The van der Waals surface area contributed by atoms with Crippen molar-refractivity contribution < 1.29 is 18.8 Å². The lowest BCUT2D eigenvalue weighted by Crippen LogP contribution is -2.64. The van der Waals surface area contributed by atoms with Gasteiger partial charge in [0, 0.05) is 59.7 Å². The number of furan rings is 1. The van der Waals surface area contributed by atoms with Crippen LogP contribution in [-0.2, 0) is 26.3 Å². The summed E-state index contributed by atoms with van der Waals surface area (Å²) in [7, 11) is 0. The maximum absolute atomic E-state index is 14.3. The van der Waals surface area contributed by atoms with Crippen LogP contribution in [0, 0.1) is 11.8 Å². The molecule has 1 aromatic carbocycles. The van der Waals surface area contributed by atoms with Crippen LogP contribution in [0.3, 0.4) is 0 Å². The number of amides is 3. The third kappa shape index (κ3) is 4.51. The minimum atomic E-state index is -0.819. The number of benzene rings is 1. The number of nitrogens with one attached hydrogen (secondary N) is 2. The summed E-state index contributed by atoms with van der Waals surface area (Å²) in [5.74, 6) is -0.242. The van der Waals surface area contributed by atoms with Crippen LogP contribution < -0.4 is 5.32 Å². The fraction of sp³-hybridized carbons (Fsp3) is 0.531. The summed E-state index contributed by atoms with van der Waals surface area (Å²) in [6.07, 6.45) is 5.97. The smallest absolute Gasteiger partial charge is 0.228 e. The molecule has 2 N–H and O–H groups in total. The van der Waals surface area contributed by atoms with Crippen molar-refractivity contribution in [2.75, 3.05) is 19.6 Å². The molecular formula is C32H40N4O4. The van der Waals surface area contributed by atoms with Gasteiger partial charge in [0.1, 0.15) is 5.76 Å². The molecule has 40 heavy (non-hydrogen) atoms. The number of piperidine rings is 2. The average Bonchev–Trinajstić information content (AvgIpc) is 3.58. The second-order valence-corrected chi connectivity index (χ2v) is 13.0. The molecule has 0 radical (unpaired) electrons. The van der Waals surface area contributed by atoms with E-state index in [4.69, 9.17) is 4.42 Å². The second kappa shape index (κ2) is 9.82. The van der Waals surface area contributed by atoms with Crippen LogP contribution in [0.2, 0.25) is 0 Å². The fourth-order valence-electron chi connectivity index (χ4n) is 7.21. The number of aromatic amines is 1. The molecule has 0 spiro atoms. The van der Waals surface area contributed by atoms with Crippen LogP contribution >= 0.6 is 0 Å². The maximum atomic E-state index is 14.3. The highest BCUT2D eigenvalue weighted by Gasteiger charge is 2.57. The Labute approximate surface area is 235 Å². The van der Waals surface area contributed by atoms with Crippen molar-refractivity contribution in [2.45, 2.75) is 77.3 Å². The summed E-state index contributed by atoms with van der Waals surface area (Å²) in [6.45, 7) is 9.90. The Kier molecular flexibility index (Phi) is 6.55. The van der Waals surface area contributed by atoms with Crippen LogP contribution in [0.25, 0.3) is 22.2 Å². The lowest BCUT2D eigenvalue weighted by molar-refractivity contribution is -0.164. The lowest BCUT2D eigenvalue weighted by Gasteiger charge is -2.54. The number of likely N-dealkylation sites (tertiary alicyclic amines) is 1. The van der Waals surface area contributed by atoms with Gasteiger partial charge >= 0.3 is 0 Å². The molecule has 6 rings (SSSR count). The highest BCUT2D eigenvalue weighted by molar-refractivity contribution is 5.94. The quantitative estimate of drug-likeness (QED) is 0.484. The van der Waals surface area contributed by atoms with Crippen molar-refractivity contribution in [1.29, 1.82) is 0 Å². The molecule has 3 amide bonds. The van der Waals surface area contributed by atoms with Gasteiger partial charge in [-0.3, -0.25) is 14.4 Å². The van der Waals surface area contributed by atoms with Crippen molar-refractivity contribution >= 4 is 28.6 Å². The summed E-state index contributed by atoms with van der Waals surface area (Å²) in [5.41, 5.74) is 2.87. The van der Waals surface area contributed by atoms with E-state index in [2.05, 4.69) is 35.4 Å². The standard InChI is InChI=1S/C32H40N4O4/c1-31(2,3)34-27(37)19-21-17-24(30(39)35-13-6-5-7-14-35)32(4)28-23(12-15-36(32)29(21)38)22-11-10-20(18-25(22)33-28)26-9-8-16-40-26/h8-11,16,18,21,24,33H,5-7,12-15,17,19H2,1-4H3,(H,34,37)/t21-,24-,32+/m1/s1. The second-order valence-electron chi connectivity index (χ2n) is 13.0. The van der Waals surface area contributed by atoms with Crippen LogP contribution in [0.15, 0.2) is 41.0 Å². The van der Waals surface area contributed by atoms with Crippen LogP contribution in [-0.4, -0.2) is 57.7 Å². The summed E-state index contributed by atoms with van der Waals surface area (Å²) >= 11 is 0. The largest absolute Gasteiger partial charge is 0.464 e. The number of carbonyl (C=O) groups is 3. The van der Waals surface area contributed by atoms with Gasteiger partial charge in [-0.05, 0) is 83.6 Å². The Hall–Kier alpha value is -3.55. The summed E-state index contributed by atoms with van der Waals surface area (Å²) in [4.78, 5) is 48.8. The third-order valence-electron chi connectivity index (χ3n) is 9.09. The molecule has 0 bridgehead atoms. The molecule has 3 aliphatic heterocycles. The molecular weight excluding hydrogens is 504 g/mol. The first kappa shape index (κ1) is 26.7. The highest BCUT2D eigenvalue weighted by atomic mass is 16.3. The van der Waals surface area contributed by atoms with Gasteiger partial charge in [-0.2, -0.15) is 0 Å². The Morgan fingerprint density at radius 3 is 2.60 bits per heavy atom. The number of H-pyrrole nitrogens is 1. The third-order valence-corrected chi connectivity index (χ3v) is 9.09. The van der Waals surface area contributed by atoms with E-state index >= 15 is 0 Å². The minimum Gasteiger partial charge on any atom is -0.464 e. The highest BCUT2D eigenvalue weighted by Crippen LogP contribution is 2.50. The predicted octanol–water partition coefficient (Wildman–Crippen LogP) is 4.98. The minimum absolute atomic E-state index is 0.0326. The zero-order valence-corrected chi connectivity index (χ0v) is 24.0. The number of fused-ring (bicyclic) bond motifs is 5. The summed E-state index contributed by atoms with van der Waals surface area (Å²) < 4.78 is 5.63. The van der Waals surface area contributed by atoms with Gasteiger partial charge in [0.2, 0.25) is 17.7 Å².